The summed E-state index contributed by atoms with van der Waals surface area (Å²) in [6.45, 7) is 5.26. The second-order valence-electron chi connectivity index (χ2n) is 5.11. The Kier molecular flexibility index (Phi) is 4.00. The highest BCUT2D eigenvalue weighted by molar-refractivity contribution is 4.97. The van der Waals surface area contributed by atoms with E-state index in [4.69, 9.17) is 9.84 Å². The zero-order valence-electron chi connectivity index (χ0n) is 9.58. The van der Waals surface area contributed by atoms with Crippen molar-refractivity contribution in [2.24, 2.45) is 5.41 Å². The molecule has 0 aromatic carbocycles. The van der Waals surface area contributed by atoms with Crippen molar-refractivity contribution in [3.05, 3.63) is 0 Å². The summed E-state index contributed by atoms with van der Waals surface area (Å²) >= 11 is 0. The Morgan fingerprint density at radius 1 is 1.13 bits per heavy atom. The average molecular weight is 213 g/mol. The van der Waals surface area contributed by atoms with Gasteiger partial charge in [0.05, 0.1) is 13.2 Å². The lowest BCUT2D eigenvalue weighted by molar-refractivity contribution is -0.00212. The molecular formula is C12H23NO2. The highest BCUT2D eigenvalue weighted by Gasteiger charge is 2.43. The van der Waals surface area contributed by atoms with Crippen molar-refractivity contribution < 1.29 is 9.84 Å². The Hall–Kier alpha value is -0.120. The molecule has 1 aliphatic heterocycles. The number of rotatable bonds is 6. The fraction of sp³-hybridized carbons (Fsp3) is 1.00. The number of aliphatic hydroxyl groups is 1. The highest BCUT2D eigenvalue weighted by Crippen LogP contribution is 2.45. The van der Waals surface area contributed by atoms with Gasteiger partial charge in [0.25, 0.3) is 0 Å². The molecule has 0 aromatic rings. The number of nitrogens with zero attached hydrogens (tertiary/aromatic N) is 1. The standard InChI is InChI=1S/C12H23NO2/c14-7-9-15-8-3-6-13-10-12(11-13)4-1-2-5-12/h14H,1-11H2. The molecule has 88 valence electrons. The summed E-state index contributed by atoms with van der Waals surface area (Å²) in [7, 11) is 0. The van der Waals surface area contributed by atoms with Crippen LogP contribution in [-0.4, -0.2) is 49.5 Å². The van der Waals surface area contributed by atoms with E-state index in [9.17, 15) is 0 Å². The monoisotopic (exact) mass is 213 g/mol. The first kappa shape index (κ1) is 11.4. The van der Waals surface area contributed by atoms with Crippen molar-refractivity contribution in [2.45, 2.75) is 32.1 Å². The van der Waals surface area contributed by atoms with Gasteiger partial charge in [0.1, 0.15) is 0 Å². The molecule has 3 nitrogen and oxygen atoms in total. The van der Waals surface area contributed by atoms with E-state index in [0.717, 1.165) is 18.4 Å². The third-order valence-corrected chi connectivity index (χ3v) is 3.78. The van der Waals surface area contributed by atoms with Gasteiger partial charge in [0.2, 0.25) is 0 Å². The van der Waals surface area contributed by atoms with Gasteiger partial charge in [-0.3, -0.25) is 0 Å². The maximum Gasteiger partial charge on any atom is 0.0697 e. The lowest BCUT2D eigenvalue weighted by Gasteiger charge is -2.48. The number of aliphatic hydroxyl groups excluding tert-OH is 1. The van der Waals surface area contributed by atoms with Gasteiger partial charge in [-0.1, -0.05) is 12.8 Å². The minimum absolute atomic E-state index is 0.146. The van der Waals surface area contributed by atoms with Gasteiger partial charge >= 0.3 is 0 Å². The molecule has 0 aromatic heterocycles. The van der Waals surface area contributed by atoms with E-state index in [2.05, 4.69) is 4.90 Å². The second-order valence-corrected chi connectivity index (χ2v) is 5.11. The van der Waals surface area contributed by atoms with Gasteiger partial charge in [-0.25, -0.2) is 0 Å². The minimum Gasteiger partial charge on any atom is -0.394 e. The molecule has 1 N–H and O–H groups in total. The van der Waals surface area contributed by atoms with Crippen LogP contribution in [-0.2, 0) is 4.74 Å². The van der Waals surface area contributed by atoms with E-state index >= 15 is 0 Å². The van der Waals surface area contributed by atoms with Crippen LogP contribution in [0.2, 0.25) is 0 Å². The first-order chi connectivity index (χ1) is 7.35. The lowest BCUT2D eigenvalue weighted by atomic mass is 9.78. The van der Waals surface area contributed by atoms with Crippen LogP contribution >= 0.6 is 0 Å². The first-order valence-corrected chi connectivity index (χ1v) is 6.26. The molecule has 1 saturated carbocycles. The molecule has 1 saturated heterocycles. The molecule has 0 radical (unpaired) electrons. The van der Waals surface area contributed by atoms with Crippen molar-refractivity contribution in [3.63, 3.8) is 0 Å². The summed E-state index contributed by atoms with van der Waals surface area (Å²) < 4.78 is 5.24. The van der Waals surface area contributed by atoms with Gasteiger partial charge < -0.3 is 14.7 Å². The Balaban J connectivity index is 1.49. The normalized spacial score (nSPS) is 24.6. The average Bonchev–Trinajstić information content (AvgIpc) is 2.65. The second kappa shape index (κ2) is 5.28. The van der Waals surface area contributed by atoms with E-state index in [0.29, 0.717) is 6.61 Å². The summed E-state index contributed by atoms with van der Waals surface area (Å²) in [5.74, 6) is 0. The molecule has 0 unspecified atom stereocenters. The van der Waals surface area contributed by atoms with E-state index in [-0.39, 0.29) is 6.61 Å². The maximum absolute atomic E-state index is 8.54. The van der Waals surface area contributed by atoms with Crippen LogP contribution in [0.3, 0.4) is 0 Å². The molecule has 2 rings (SSSR count). The van der Waals surface area contributed by atoms with Crippen LogP contribution in [0.1, 0.15) is 32.1 Å². The molecule has 3 heteroatoms. The zero-order valence-corrected chi connectivity index (χ0v) is 9.58. The molecule has 0 bridgehead atoms. The summed E-state index contributed by atoms with van der Waals surface area (Å²) in [6.07, 6.45) is 6.94. The summed E-state index contributed by atoms with van der Waals surface area (Å²) in [6, 6.07) is 0. The number of hydrogen-bond acceptors (Lipinski definition) is 3. The van der Waals surface area contributed by atoms with Crippen LogP contribution in [0.25, 0.3) is 0 Å². The van der Waals surface area contributed by atoms with Gasteiger partial charge in [-0.05, 0) is 24.7 Å². The summed E-state index contributed by atoms with van der Waals surface area (Å²) in [5.41, 5.74) is 0.728. The fourth-order valence-electron chi connectivity index (χ4n) is 3.06. The van der Waals surface area contributed by atoms with Gasteiger partial charge in [-0.15, -0.1) is 0 Å². The lowest BCUT2D eigenvalue weighted by Crippen LogP contribution is -2.54. The number of ether oxygens (including phenoxy) is 1. The van der Waals surface area contributed by atoms with Crippen molar-refractivity contribution in [2.75, 3.05) is 39.5 Å². The van der Waals surface area contributed by atoms with Gasteiger partial charge in [0.15, 0.2) is 0 Å². The van der Waals surface area contributed by atoms with Crippen molar-refractivity contribution in [3.8, 4) is 0 Å². The Morgan fingerprint density at radius 3 is 2.53 bits per heavy atom. The van der Waals surface area contributed by atoms with Crippen molar-refractivity contribution in [1.82, 2.24) is 4.90 Å². The van der Waals surface area contributed by atoms with Crippen LogP contribution in [0.15, 0.2) is 0 Å². The maximum atomic E-state index is 8.54. The van der Waals surface area contributed by atoms with Crippen molar-refractivity contribution >= 4 is 0 Å². The van der Waals surface area contributed by atoms with Crippen LogP contribution in [0.5, 0.6) is 0 Å². The van der Waals surface area contributed by atoms with Gasteiger partial charge in [-0.2, -0.15) is 0 Å². The van der Waals surface area contributed by atoms with Crippen LogP contribution in [0, 0.1) is 5.41 Å². The van der Waals surface area contributed by atoms with Crippen molar-refractivity contribution in [1.29, 1.82) is 0 Å². The number of likely N-dealkylation sites (tertiary alicyclic amines) is 1. The molecule has 0 amide bonds. The van der Waals surface area contributed by atoms with Crippen LogP contribution < -0.4 is 0 Å². The minimum atomic E-state index is 0.146. The number of hydrogen-bond donors (Lipinski definition) is 1. The summed E-state index contributed by atoms with van der Waals surface area (Å²) in [5, 5.41) is 8.54. The predicted molar refractivity (Wildman–Crippen MR) is 59.9 cm³/mol. The topological polar surface area (TPSA) is 32.7 Å². The molecule has 2 aliphatic rings. The van der Waals surface area contributed by atoms with Crippen LogP contribution in [0.4, 0.5) is 0 Å². The first-order valence-electron chi connectivity index (χ1n) is 6.26. The highest BCUT2D eigenvalue weighted by atomic mass is 16.5. The largest absolute Gasteiger partial charge is 0.394 e. The van der Waals surface area contributed by atoms with E-state index in [1.54, 1.807) is 0 Å². The van der Waals surface area contributed by atoms with E-state index in [1.165, 1.54) is 45.3 Å². The van der Waals surface area contributed by atoms with E-state index in [1.807, 2.05) is 0 Å². The molecule has 1 spiro atoms. The molecule has 1 aliphatic carbocycles. The quantitative estimate of drug-likeness (QED) is 0.674. The molecule has 1 heterocycles. The van der Waals surface area contributed by atoms with E-state index < -0.39 is 0 Å². The zero-order chi connectivity index (χ0) is 10.6. The SMILES string of the molecule is OCCOCCCN1CC2(CCCC2)C1. The third kappa shape index (κ3) is 2.92. The third-order valence-electron chi connectivity index (χ3n) is 3.78. The van der Waals surface area contributed by atoms with Gasteiger partial charge in [0, 0.05) is 26.2 Å². The molecule has 0 atom stereocenters. The molecule has 15 heavy (non-hydrogen) atoms. The fourth-order valence-corrected chi connectivity index (χ4v) is 3.06. The Bertz CT molecular complexity index is 182. The summed E-state index contributed by atoms with van der Waals surface area (Å²) in [4.78, 5) is 2.55. The predicted octanol–water partition coefficient (Wildman–Crippen LogP) is 1.26. The smallest absolute Gasteiger partial charge is 0.0697 e. The molecular weight excluding hydrogens is 190 g/mol. The Morgan fingerprint density at radius 2 is 1.87 bits per heavy atom. The Labute approximate surface area is 92.4 Å². The molecule has 2 fully saturated rings.